The first kappa shape index (κ1) is 20.4. The van der Waals surface area contributed by atoms with Crippen LogP contribution in [0.15, 0.2) is 77.3 Å². The molecule has 0 saturated heterocycles. The van der Waals surface area contributed by atoms with Crippen molar-refractivity contribution >= 4 is 33.4 Å². The number of carbonyl (C=O) groups excluding carboxylic acids is 2. The number of anilines is 1. The summed E-state index contributed by atoms with van der Waals surface area (Å²) in [6.07, 6.45) is 2.46. The molecule has 1 heterocycles. The van der Waals surface area contributed by atoms with Gasteiger partial charge in [0.2, 0.25) is 11.8 Å². The highest BCUT2D eigenvalue weighted by Gasteiger charge is 2.18. The number of nitrogens with one attached hydrogen (secondary N) is 2. The van der Waals surface area contributed by atoms with Gasteiger partial charge in [-0.2, -0.15) is 0 Å². The lowest BCUT2D eigenvalue weighted by Crippen LogP contribution is -2.29. The van der Waals surface area contributed by atoms with Gasteiger partial charge >= 0.3 is 0 Å². The maximum Gasteiger partial charge on any atom is 0.228 e. The number of carbonyl (C=O) groups is 2. The minimum atomic E-state index is -0.177. The van der Waals surface area contributed by atoms with Gasteiger partial charge < -0.3 is 10.6 Å². The van der Waals surface area contributed by atoms with E-state index in [9.17, 15) is 9.59 Å². The second-order valence-corrected chi connectivity index (χ2v) is 8.45. The molecule has 152 valence electrons. The summed E-state index contributed by atoms with van der Waals surface area (Å²) in [4.78, 5) is 24.2. The standard InChI is InChI=1S/C25H23BrN2O2/c26-21-12-10-19(11-13-21)25(18-6-2-1-3-7-18)28-23(29)8-4-5-17-9-14-22-20(15-17)16-24(30)27-22/h1-3,6-7,9-15,25H,4-5,8,16H2,(H,27,30)(H,28,29). The van der Waals surface area contributed by atoms with Crippen LogP contribution in [0.4, 0.5) is 5.69 Å². The fraction of sp³-hybridized carbons (Fsp3) is 0.200. The average molecular weight is 463 g/mol. The van der Waals surface area contributed by atoms with Crippen LogP contribution in [0.5, 0.6) is 0 Å². The Morgan fingerprint density at radius 2 is 1.73 bits per heavy atom. The third kappa shape index (κ3) is 4.97. The first-order valence-electron chi connectivity index (χ1n) is 10.1. The monoisotopic (exact) mass is 462 g/mol. The molecule has 2 N–H and O–H groups in total. The molecule has 4 rings (SSSR count). The number of halogens is 1. The molecule has 4 nitrogen and oxygen atoms in total. The van der Waals surface area contributed by atoms with E-state index in [0.717, 1.165) is 45.3 Å². The van der Waals surface area contributed by atoms with Gasteiger partial charge in [-0.25, -0.2) is 0 Å². The minimum Gasteiger partial charge on any atom is -0.345 e. The maximum absolute atomic E-state index is 12.7. The van der Waals surface area contributed by atoms with Crippen molar-refractivity contribution in [1.29, 1.82) is 0 Å². The fourth-order valence-corrected chi connectivity index (χ4v) is 4.05. The first-order valence-corrected chi connectivity index (χ1v) is 10.9. The molecule has 0 radical (unpaired) electrons. The Morgan fingerprint density at radius 3 is 2.50 bits per heavy atom. The van der Waals surface area contributed by atoms with Crippen molar-refractivity contribution in [2.24, 2.45) is 0 Å². The molecule has 1 aliphatic heterocycles. The van der Waals surface area contributed by atoms with Crippen molar-refractivity contribution in [2.45, 2.75) is 31.7 Å². The van der Waals surface area contributed by atoms with E-state index < -0.39 is 0 Å². The van der Waals surface area contributed by atoms with Gasteiger partial charge in [0.15, 0.2) is 0 Å². The molecule has 1 unspecified atom stereocenters. The van der Waals surface area contributed by atoms with Crippen LogP contribution in [0, 0.1) is 0 Å². The highest BCUT2D eigenvalue weighted by Crippen LogP contribution is 2.25. The molecule has 3 aromatic carbocycles. The van der Waals surface area contributed by atoms with Crippen molar-refractivity contribution < 1.29 is 9.59 Å². The maximum atomic E-state index is 12.7. The zero-order valence-corrected chi connectivity index (χ0v) is 18.1. The predicted octanol–water partition coefficient (Wildman–Crippen LogP) is 5.17. The zero-order chi connectivity index (χ0) is 20.9. The van der Waals surface area contributed by atoms with Crippen molar-refractivity contribution in [3.8, 4) is 0 Å². The molecule has 5 heteroatoms. The van der Waals surface area contributed by atoms with Crippen LogP contribution >= 0.6 is 15.9 Å². The van der Waals surface area contributed by atoms with Crippen LogP contribution in [0.25, 0.3) is 0 Å². The number of hydrogen-bond donors (Lipinski definition) is 2. The topological polar surface area (TPSA) is 58.2 Å². The highest BCUT2D eigenvalue weighted by molar-refractivity contribution is 9.10. The van der Waals surface area contributed by atoms with Gasteiger partial charge in [-0.3, -0.25) is 9.59 Å². The van der Waals surface area contributed by atoms with Gasteiger partial charge in [-0.15, -0.1) is 0 Å². The van der Waals surface area contributed by atoms with E-state index in [4.69, 9.17) is 0 Å². The quantitative estimate of drug-likeness (QED) is 0.508. The molecule has 0 spiro atoms. The lowest BCUT2D eigenvalue weighted by molar-refractivity contribution is -0.121. The summed E-state index contributed by atoms with van der Waals surface area (Å²) in [6, 6.07) is 23.9. The lowest BCUT2D eigenvalue weighted by atomic mass is 9.98. The molecular formula is C25H23BrN2O2. The zero-order valence-electron chi connectivity index (χ0n) is 16.5. The summed E-state index contributed by atoms with van der Waals surface area (Å²) in [5.74, 6) is 0.0752. The molecule has 0 fully saturated rings. The van der Waals surface area contributed by atoms with Crippen molar-refractivity contribution in [3.63, 3.8) is 0 Å². The van der Waals surface area contributed by atoms with Gasteiger partial charge in [0.1, 0.15) is 0 Å². The third-order valence-electron chi connectivity index (χ3n) is 5.31. The summed E-state index contributed by atoms with van der Waals surface area (Å²) in [7, 11) is 0. The largest absolute Gasteiger partial charge is 0.345 e. The van der Waals surface area contributed by atoms with Crippen LogP contribution in [0.3, 0.4) is 0 Å². The Hall–Kier alpha value is -2.92. The molecule has 2 amide bonds. The third-order valence-corrected chi connectivity index (χ3v) is 5.83. The Morgan fingerprint density at radius 1 is 1.00 bits per heavy atom. The number of fused-ring (bicyclic) bond motifs is 1. The summed E-state index contributed by atoms with van der Waals surface area (Å²) in [5, 5.41) is 6.04. The molecule has 3 aromatic rings. The highest BCUT2D eigenvalue weighted by atomic mass is 79.9. The van der Waals surface area contributed by atoms with Crippen LogP contribution in [0.2, 0.25) is 0 Å². The average Bonchev–Trinajstić information content (AvgIpc) is 3.13. The lowest BCUT2D eigenvalue weighted by Gasteiger charge is -2.20. The number of aryl methyl sites for hydroxylation is 1. The van der Waals surface area contributed by atoms with E-state index in [-0.39, 0.29) is 17.9 Å². The van der Waals surface area contributed by atoms with E-state index in [2.05, 4.69) is 32.6 Å². The second-order valence-electron chi connectivity index (χ2n) is 7.53. The molecule has 30 heavy (non-hydrogen) atoms. The summed E-state index contributed by atoms with van der Waals surface area (Å²) in [5.41, 5.74) is 5.21. The van der Waals surface area contributed by atoms with Crippen molar-refractivity contribution in [1.82, 2.24) is 5.32 Å². The number of rotatable bonds is 7. The minimum absolute atomic E-state index is 0.0322. The Balaban J connectivity index is 1.38. The van der Waals surface area contributed by atoms with E-state index in [0.29, 0.717) is 12.8 Å². The Labute approximate surface area is 184 Å². The van der Waals surface area contributed by atoms with Gasteiger partial charge in [0, 0.05) is 16.6 Å². The number of amides is 2. The molecule has 0 aliphatic carbocycles. The molecule has 0 saturated carbocycles. The molecule has 0 bridgehead atoms. The predicted molar refractivity (Wildman–Crippen MR) is 122 cm³/mol. The van der Waals surface area contributed by atoms with Crippen LogP contribution in [-0.2, 0) is 22.4 Å². The number of benzene rings is 3. The second kappa shape index (κ2) is 9.26. The summed E-state index contributed by atoms with van der Waals surface area (Å²) >= 11 is 3.47. The Kier molecular flexibility index (Phi) is 6.29. The van der Waals surface area contributed by atoms with Gasteiger partial charge in [-0.1, -0.05) is 70.5 Å². The van der Waals surface area contributed by atoms with Crippen LogP contribution in [0.1, 0.15) is 41.1 Å². The SMILES string of the molecule is O=C1Cc2cc(CCCC(=O)NC(c3ccccc3)c3ccc(Br)cc3)ccc2N1. The van der Waals surface area contributed by atoms with Crippen molar-refractivity contribution in [3.05, 3.63) is 99.5 Å². The number of hydrogen-bond acceptors (Lipinski definition) is 2. The van der Waals surface area contributed by atoms with Crippen LogP contribution in [-0.4, -0.2) is 11.8 Å². The first-order chi connectivity index (χ1) is 14.6. The van der Waals surface area contributed by atoms with E-state index in [1.165, 1.54) is 0 Å². The van der Waals surface area contributed by atoms with Gasteiger partial charge in [0.05, 0.1) is 12.5 Å². The van der Waals surface area contributed by atoms with E-state index in [1.807, 2.05) is 66.7 Å². The van der Waals surface area contributed by atoms with E-state index >= 15 is 0 Å². The fourth-order valence-electron chi connectivity index (χ4n) is 3.78. The summed E-state index contributed by atoms with van der Waals surface area (Å²) < 4.78 is 1.01. The normalized spacial score (nSPS) is 13.4. The smallest absolute Gasteiger partial charge is 0.228 e. The molecule has 0 aromatic heterocycles. The summed E-state index contributed by atoms with van der Waals surface area (Å²) in [6.45, 7) is 0. The molecule has 1 aliphatic rings. The molecule has 1 atom stereocenters. The van der Waals surface area contributed by atoms with E-state index in [1.54, 1.807) is 0 Å². The van der Waals surface area contributed by atoms with Gasteiger partial charge in [-0.05, 0) is 53.3 Å². The Bertz CT molecular complexity index is 1050. The molecular weight excluding hydrogens is 440 g/mol. The van der Waals surface area contributed by atoms with Crippen molar-refractivity contribution in [2.75, 3.05) is 5.32 Å². The van der Waals surface area contributed by atoms with Crippen LogP contribution < -0.4 is 10.6 Å². The van der Waals surface area contributed by atoms with Gasteiger partial charge in [0.25, 0.3) is 0 Å².